The predicted molar refractivity (Wildman–Crippen MR) is 69.7 cm³/mol. The lowest BCUT2D eigenvalue weighted by molar-refractivity contribution is -0.274. The number of imidazole rings is 1. The number of alkyl halides is 3. The largest absolute Gasteiger partial charge is 0.573 e. The normalized spacial score (nSPS) is 13.2. The first kappa shape index (κ1) is 15.4. The highest BCUT2D eigenvalue weighted by Gasteiger charge is 2.31. The molecule has 1 N–H and O–H groups in total. The van der Waals surface area contributed by atoms with Crippen LogP contribution in [0.4, 0.5) is 13.2 Å². The molecular weight excluding hydrogens is 285 g/mol. The zero-order valence-corrected chi connectivity index (χ0v) is 11.3. The monoisotopic (exact) mass is 300 g/mol. The van der Waals surface area contributed by atoms with Gasteiger partial charge in [-0.2, -0.15) is 0 Å². The van der Waals surface area contributed by atoms with Crippen molar-refractivity contribution < 1.29 is 23.0 Å². The smallest absolute Gasteiger partial charge is 0.406 e. The molecule has 114 valence electrons. The molecule has 0 bridgehead atoms. The number of ether oxygens (including phenoxy) is 1. The summed E-state index contributed by atoms with van der Waals surface area (Å²) >= 11 is 0. The van der Waals surface area contributed by atoms with Gasteiger partial charge in [-0.3, -0.25) is 0 Å². The second kappa shape index (κ2) is 6.17. The Labute approximate surface area is 119 Å². The lowest BCUT2D eigenvalue weighted by atomic mass is 10.1. The van der Waals surface area contributed by atoms with Crippen LogP contribution in [0, 0.1) is 0 Å². The molecule has 1 unspecified atom stereocenters. The van der Waals surface area contributed by atoms with Crippen LogP contribution in [0.1, 0.15) is 30.7 Å². The molecule has 0 radical (unpaired) electrons. The number of hydrogen-bond donors (Lipinski definition) is 1. The van der Waals surface area contributed by atoms with Crippen molar-refractivity contribution >= 4 is 0 Å². The second-order valence-corrected chi connectivity index (χ2v) is 4.53. The number of aliphatic hydroxyl groups excluding tert-OH is 1. The van der Waals surface area contributed by atoms with Crippen LogP contribution in [0.25, 0.3) is 0 Å². The number of benzene rings is 1. The van der Waals surface area contributed by atoms with Gasteiger partial charge in [0.15, 0.2) is 0 Å². The van der Waals surface area contributed by atoms with Gasteiger partial charge in [-0.25, -0.2) is 4.98 Å². The van der Waals surface area contributed by atoms with E-state index in [1.807, 2.05) is 6.92 Å². The van der Waals surface area contributed by atoms with E-state index >= 15 is 0 Å². The third kappa shape index (κ3) is 3.98. The minimum Gasteiger partial charge on any atom is -0.406 e. The SMILES string of the molecule is CCCn1cncc1C(O)c1cccc(OC(F)(F)F)c1. The number of hydrogen-bond acceptors (Lipinski definition) is 3. The Bertz CT molecular complexity index is 596. The van der Waals surface area contributed by atoms with Crippen LogP contribution in [-0.2, 0) is 6.54 Å². The van der Waals surface area contributed by atoms with Crippen molar-refractivity contribution in [3.05, 3.63) is 48.0 Å². The molecule has 2 aromatic rings. The molecule has 0 aliphatic carbocycles. The van der Waals surface area contributed by atoms with Crippen molar-refractivity contribution in [2.75, 3.05) is 0 Å². The standard InChI is InChI=1S/C14H15F3N2O2/c1-2-6-19-9-18-8-12(19)13(20)10-4-3-5-11(7-10)21-14(15,16)17/h3-5,7-9,13,20H,2,6H2,1H3. The van der Waals surface area contributed by atoms with E-state index in [4.69, 9.17) is 0 Å². The fourth-order valence-electron chi connectivity index (χ4n) is 2.04. The molecule has 21 heavy (non-hydrogen) atoms. The van der Waals surface area contributed by atoms with Gasteiger partial charge in [0.25, 0.3) is 0 Å². The number of rotatable bonds is 5. The number of aliphatic hydroxyl groups is 1. The highest BCUT2D eigenvalue weighted by molar-refractivity contribution is 5.33. The molecule has 2 rings (SSSR count). The van der Waals surface area contributed by atoms with Crippen LogP contribution in [0.2, 0.25) is 0 Å². The summed E-state index contributed by atoms with van der Waals surface area (Å²) in [6.45, 7) is 2.65. The van der Waals surface area contributed by atoms with E-state index in [1.165, 1.54) is 30.5 Å². The molecule has 0 saturated carbocycles. The van der Waals surface area contributed by atoms with Crippen molar-refractivity contribution in [3.8, 4) is 5.75 Å². The van der Waals surface area contributed by atoms with Crippen LogP contribution in [0.15, 0.2) is 36.8 Å². The van der Waals surface area contributed by atoms with Gasteiger partial charge in [-0.1, -0.05) is 19.1 Å². The summed E-state index contributed by atoms with van der Waals surface area (Å²) in [5.74, 6) is -0.361. The minimum absolute atomic E-state index is 0.314. The third-order valence-corrected chi connectivity index (χ3v) is 2.90. The fraction of sp³-hybridized carbons (Fsp3) is 0.357. The first-order chi connectivity index (χ1) is 9.90. The van der Waals surface area contributed by atoms with Gasteiger partial charge in [0.05, 0.1) is 18.2 Å². The average Bonchev–Trinajstić information content (AvgIpc) is 2.85. The Morgan fingerprint density at radius 1 is 1.38 bits per heavy atom. The summed E-state index contributed by atoms with van der Waals surface area (Å²) in [5, 5.41) is 10.3. The quantitative estimate of drug-likeness (QED) is 0.922. The van der Waals surface area contributed by atoms with Gasteiger partial charge >= 0.3 is 6.36 Å². The maximum absolute atomic E-state index is 12.2. The summed E-state index contributed by atoms with van der Waals surface area (Å²) in [6.07, 6.45) is -1.88. The van der Waals surface area contributed by atoms with E-state index < -0.39 is 12.5 Å². The topological polar surface area (TPSA) is 47.3 Å². The Morgan fingerprint density at radius 2 is 2.14 bits per heavy atom. The molecule has 0 aliphatic heterocycles. The van der Waals surface area contributed by atoms with E-state index in [1.54, 1.807) is 10.9 Å². The lowest BCUT2D eigenvalue weighted by Crippen LogP contribution is -2.17. The lowest BCUT2D eigenvalue weighted by Gasteiger charge is -2.15. The van der Waals surface area contributed by atoms with E-state index in [-0.39, 0.29) is 5.75 Å². The predicted octanol–water partition coefficient (Wildman–Crippen LogP) is 3.27. The van der Waals surface area contributed by atoms with Gasteiger partial charge in [-0.05, 0) is 24.1 Å². The number of aryl methyl sites for hydroxylation is 1. The molecule has 0 aliphatic rings. The summed E-state index contributed by atoms with van der Waals surface area (Å²) in [4.78, 5) is 3.96. The maximum Gasteiger partial charge on any atom is 0.573 e. The third-order valence-electron chi connectivity index (χ3n) is 2.90. The van der Waals surface area contributed by atoms with Gasteiger partial charge < -0.3 is 14.4 Å². The van der Waals surface area contributed by atoms with E-state index in [2.05, 4.69) is 9.72 Å². The Kier molecular flexibility index (Phi) is 4.52. The summed E-state index contributed by atoms with van der Waals surface area (Å²) in [5.41, 5.74) is 0.843. The number of nitrogens with zero attached hydrogens (tertiary/aromatic N) is 2. The zero-order chi connectivity index (χ0) is 15.5. The van der Waals surface area contributed by atoms with E-state index in [0.717, 1.165) is 6.42 Å². The molecule has 1 atom stereocenters. The molecule has 0 saturated heterocycles. The number of halogens is 3. The van der Waals surface area contributed by atoms with Crippen molar-refractivity contribution in [2.45, 2.75) is 32.4 Å². The highest BCUT2D eigenvalue weighted by atomic mass is 19.4. The van der Waals surface area contributed by atoms with Crippen LogP contribution < -0.4 is 4.74 Å². The molecule has 1 aromatic carbocycles. The van der Waals surface area contributed by atoms with Gasteiger partial charge in [-0.15, -0.1) is 13.2 Å². The van der Waals surface area contributed by atoms with Gasteiger partial charge in [0.1, 0.15) is 11.9 Å². The molecule has 1 aromatic heterocycles. The maximum atomic E-state index is 12.2. The van der Waals surface area contributed by atoms with Crippen molar-refractivity contribution in [2.24, 2.45) is 0 Å². The molecule has 7 heteroatoms. The first-order valence-corrected chi connectivity index (χ1v) is 6.44. The summed E-state index contributed by atoms with van der Waals surface area (Å²) < 4.78 is 42.3. The summed E-state index contributed by atoms with van der Waals surface area (Å²) in [6, 6.07) is 5.30. The average molecular weight is 300 g/mol. The Hall–Kier alpha value is -2.02. The van der Waals surface area contributed by atoms with Crippen LogP contribution in [-0.4, -0.2) is 21.0 Å². The van der Waals surface area contributed by atoms with Crippen LogP contribution in [0.3, 0.4) is 0 Å². The molecule has 0 spiro atoms. The number of aromatic nitrogens is 2. The van der Waals surface area contributed by atoms with Gasteiger partial charge in [0.2, 0.25) is 0 Å². The van der Waals surface area contributed by atoms with Crippen LogP contribution in [0.5, 0.6) is 5.75 Å². The van der Waals surface area contributed by atoms with Crippen molar-refractivity contribution in [1.29, 1.82) is 0 Å². The molecular formula is C14H15F3N2O2. The van der Waals surface area contributed by atoms with Crippen molar-refractivity contribution in [3.63, 3.8) is 0 Å². The molecule has 4 nitrogen and oxygen atoms in total. The zero-order valence-electron chi connectivity index (χ0n) is 11.3. The molecule has 0 fully saturated rings. The first-order valence-electron chi connectivity index (χ1n) is 6.44. The Morgan fingerprint density at radius 3 is 2.81 bits per heavy atom. The van der Waals surface area contributed by atoms with E-state index in [9.17, 15) is 18.3 Å². The van der Waals surface area contributed by atoms with Crippen LogP contribution >= 0.6 is 0 Å². The summed E-state index contributed by atoms with van der Waals surface area (Å²) in [7, 11) is 0. The highest BCUT2D eigenvalue weighted by Crippen LogP contribution is 2.28. The van der Waals surface area contributed by atoms with Crippen molar-refractivity contribution in [1.82, 2.24) is 9.55 Å². The van der Waals surface area contributed by atoms with Gasteiger partial charge in [0, 0.05) is 6.54 Å². The van der Waals surface area contributed by atoms with E-state index in [0.29, 0.717) is 17.8 Å². The second-order valence-electron chi connectivity index (χ2n) is 4.53. The molecule has 0 amide bonds. The Balaban J connectivity index is 2.24. The molecule has 1 heterocycles. The fourth-order valence-corrected chi connectivity index (χ4v) is 2.04. The minimum atomic E-state index is -4.76.